The summed E-state index contributed by atoms with van der Waals surface area (Å²) in [5.74, 6) is 1.45. The number of fused-ring (bicyclic) bond motifs is 1. The first-order chi connectivity index (χ1) is 19.2. The summed E-state index contributed by atoms with van der Waals surface area (Å²) in [5.41, 5.74) is 2.41. The van der Waals surface area contributed by atoms with E-state index in [1.807, 2.05) is 35.0 Å². The third kappa shape index (κ3) is 5.51. The van der Waals surface area contributed by atoms with Crippen LogP contribution < -0.4 is 10.3 Å². The van der Waals surface area contributed by atoms with Crippen LogP contribution in [-0.2, 0) is 13.1 Å². The second-order valence-electron chi connectivity index (χ2n) is 10.2. The van der Waals surface area contributed by atoms with Gasteiger partial charge in [-0.1, -0.05) is 55.7 Å². The molecule has 0 unspecified atom stereocenters. The molecule has 1 N–H and O–H groups in total. The third-order valence-electron chi connectivity index (χ3n) is 7.59. The molecular formula is C30H32N6O2S. The topological polar surface area (TPSA) is 88.9 Å². The predicted octanol–water partition coefficient (Wildman–Crippen LogP) is 5.88. The van der Waals surface area contributed by atoms with Crippen molar-refractivity contribution in [3.05, 3.63) is 104 Å². The van der Waals surface area contributed by atoms with Crippen LogP contribution in [0.1, 0.15) is 66.0 Å². The Kier molecular flexibility index (Phi) is 7.51. The van der Waals surface area contributed by atoms with Crippen molar-refractivity contribution in [1.82, 2.24) is 30.1 Å². The monoisotopic (exact) mass is 540 g/mol. The molecule has 200 valence electrons. The fourth-order valence-corrected chi connectivity index (χ4v) is 6.39. The van der Waals surface area contributed by atoms with Crippen LogP contribution in [0.15, 0.2) is 76.9 Å². The van der Waals surface area contributed by atoms with Crippen LogP contribution in [0.2, 0.25) is 0 Å². The van der Waals surface area contributed by atoms with Crippen molar-refractivity contribution < 1.29 is 4.74 Å². The number of aromatic nitrogens is 5. The van der Waals surface area contributed by atoms with Gasteiger partial charge >= 0.3 is 0 Å². The van der Waals surface area contributed by atoms with Crippen LogP contribution in [0.5, 0.6) is 5.75 Å². The molecule has 0 amide bonds. The summed E-state index contributed by atoms with van der Waals surface area (Å²) in [7, 11) is 1.65. The quantitative estimate of drug-likeness (QED) is 0.251. The molecule has 0 saturated heterocycles. The van der Waals surface area contributed by atoms with E-state index in [-0.39, 0.29) is 11.6 Å². The van der Waals surface area contributed by atoms with E-state index in [0.29, 0.717) is 24.5 Å². The molecule has 3 heterocycles. The molecule has 8 nitrogen and oxygen atoms in total. The molecule has 1 atom stereocenters. The van der Waals surface area contributed by atoms with E-state index in [0.717, 1.165) is 47.9 Å². The molecule has 0 radical (unpaired) electrons. The van der Waals surface area contributed by atoms with Crippen LogP contribution >= 0.6 is 11.3 Å². The second-order valence-corrected chi connectivity index (χ2v) is 11.2. The van der Waals surface area contributed by atoms with E-state index in [2.05, 4.69) is 67.2 Å². The summed E-state index contributed by atoms with van der Waals surface area (Å²) in [6.07, 6.45) is 5.64. The minimum atomic E-state index is -0.455. The first-order valence-electron chi connectivity index (χ1n) is 13.5. The Morgan fingerprint density at radius 1 is 1.05 bits per heavy atom. The average molecular weight is 541 g/mol. The standard InChI is InChI=1S/C30H32N6O2S/c1-38-24-14-15-27-22(17-24)18-26(30(37)31-27)28(29-32-33-34-36(29)23-11-6-3-7-12-23)35(20-25-13-8-16-39-25)19-21-9-4-2-5-10-21/h2,4-5,8-10,13-18,23,28H,3,6-7,11-12,19-20H2,1H3,(H,31,37)/t28-/m0/s1. The van der Waals surface area contributed by atoms with Gasteiger partial charge in [0.1, 0.15) is 11.8 Å². The van der Waals surface area contributed by atoms with Gasteiger partial charge < -0.3 is 9.72 Å². The molecule has 2 aromatic carbocycles. The summed E-state index contributed by atoms with van der Waals surface area (Å²) in [5, 5.41) is 16.2. The molecule has 9 heteroatoms. The number of rotatable bonds is 9. The number of H-pyrrole nitrogens is 1. The fraction of sp³-hybridized carbons (Fsp3) is 0.333. The molecule has 1 saturated carbocycles. The van der Waals surface area contributed by atoms with Gasteiger partial charge in [-0.05, 0) is 64.5 Å². The van der Waals surface area contributed by atoms with Crippen molar-refractivity contribution in [3.8, 4) is 5.75 Å². The van der Waals surface area contributed by atoms with E-state index < -0.39 is 6.04 Å². The normalized spacial score (nSPS) is 15.1. The summed E-state index contributed by atoms with van der Waals surface area (Å²) >= 11 is 1.71. The van der Waals surface area contributed by atoms with E-state index in [1.165, 1.54) is 11.3 Å². The Morgan fingerprint density at radius 2 is 1.90 bits per heavy atom. The zero-order chi connectivity index (χ0) is 26.6. The van der Waals surface area contributed by atoms with Crippen molar-refractivity contribution in [2.24, 2.45) is 0 Å². The zero-order valence-electron chi connectivity index (χ0n) is 22.0. The Balaban J connectivity index is 1.53. The highest BCUT2D eigenvalue weighted by molar-refractivity contribution is 7.09. The van der Waals surface area contributed by atoms with Crippen LogP contribution in [0, 0.1) is 0 Å². The number of benzene rings is 2. The fourth-order valence-electron chi connectivity index (χ4n) is 5.66. The molecule has 39 heavy (non-hydrogen) atoms. The van der Waals surface area contributed by atoms with Crippen LogP contribution in [0.3, 0.4) is 0 Å². The van der Waals surface area contributed by atoms with Crippen molar-refractivity contribution in [3.63, 3.8) is 0 Å². The summed E-state index contributed by atoms with van der Waals surface area (Å²) in [6.45, 7) is 1.29. The van der Waals surface area contributed by atoms with Gasteiger partial charge in [-0.3, -0.25) is 9.69 Å². The Bertz CT molecular complexity index is 1570. The number of hydrogen-bond donors (Lipinski definition) is 1. The maximum Gasteiger partial charge on any atom is 0.253 e. The first-order valence-corrected chi connectivity index (χ1v) is 14.4. The third-order valence-corrected chi connectivity index (χ3v) is 8.45. The van der Waals surface area contributed by atoms with Crippen molar-refractivity contribution in [2.75, 3.05) is 7.11 Å². The molecular weight excluding hydrogens is 508 g/mol. The van der Waals surface area contributed by atoms with Gasteiger partial charge in [0, 0.05) is 34.4 Å². The highest BCUT2D eigenvalue weighted by Crippen LogP contribution is 2.35. The smallest absolute Gasteiger partial charge is 0.253 e. The number of aromatic amines is 1. The largest absolute Gasteiger partial charge is 0.497 e. The molecule has 0 bridgehead atoms. The van der Waals surface area contributed by atoms with Crippen molar-refractivity contribution in [1.29, 1.82) is 0 Å². The maximum atomic E-state index is 13.8. The summed E-state index contributed by atoms with van der Waals surface area (Å²) < 4.78 is 7.47. The Hall–Kier alpha value is -3.82. The van der Waals surface area contributed by atoms with Gasteiger partial charge in [0.05, 0.1) is 13.2 Å². The molecule has 0 spiro atoms. The lowest BCUT2D eigenvalue weighted by atomic mass is 9.95. The first kappa shape index (κ1) is 25.5. The van der Waals surface area contributed by atoms with Gasteiger partial charge in [-0.15, -0.1) is 16.4 Å². The lowest BCUT2D eigenvalue weighted by Crippen LogP contribution is -2.35. The van der Waals surface area contributed by atoms with Crippen LogP contribution in [-0.4, -0.2) is 37.2 Å². The number of thiophene rings is 1. The molecule has 3 aromatic heterocycles. The van der Waals surface area contributed by atoms with Crippen LogP contribution in [0.4, 0.5) is 0 Å². The van der Waals surface area contributed by atoms with Crippen molar-refractivity contribution >= 4 is 22.2 Å². The predicted molar refractivity (Wildman–Crippen MR) is 153 cm³/mol. The number of tetrazole rings is 1. The molecule has 0 aliphatic heterocycles. The number of ether oxygens (including phenoxy) is 1. The van der Waals surface area contributed by atoms with Gasteiger partial charge in [0.25, 0.3) is 5.56 Å². The van der Waals surface area contributed by atoms with Crippen molar-refractivity contribution in [2.45, 2.75) is 57.3 Å². The van der Waals surface area contributed by atoms with E-state index in [9.17, 15) is 4.79 Å². The molecule has 1 aliphatic rings. The minimum Gasteiger partial charge on any atom is -0.497 e. The van der Waals surface area contributed by atoms with E-state index in [4.69, 9.17) is 4.74 Å². The molecule has 5 aromatic rings. The van der Waals surface area contributed by atoms with Crippen LogP contribution in [0.25, 0.3) is 10.9 Å². The number of nitrogens with one attached hydrogen (secondary N) is 1. The zero-order valence-corrected chi connectivity index (χ0v) is 22.8. The average Bonchev–Trinajstić information content (AvgIpc) is 3.67. The van der Waals surface area contributed by atoms with Gasteiger partial charge in [0.2, 0.25) is 0 Å². The SMILES string of the molecule is COc1ccc2[nH]c(=O)c([C@@H](c3nnnn3C3CCCCC3)N(Cc3ccccc3)Cc3cccs3)cc2c1. The summed E-state index contributed by atoms with van der Waals surface area (Å²) in [4.78, 5) is 20.4. The lowest BCUT2D eigenvalue weighted by molar-refractivity contribution is 0.188. The van der Waals surface area contributed by atoms with Gasteiger partial charge in [0.15, 0.2) is 5.82 Å². The van der Waals surface area contributed by atoms with Gasteiger partial charge in [-0.2, -0.15) is 0 Å². The number of methoxy groups -OCH3 is 1. The maximum absolute atomic E-state index is 13.8. The highest BCUT2D eigenvalue weighted by atomic mass is 32.1. The molecule has 6 rings (SSSR count). The number of pyridine rings is 1. The second kappa shape index (κ2) is 11.5. The molecule has 1 fully saturated rings. The van der Waals surface area contributed by atoms with E-state index in [1.54, 1.807) is 18.4 Å². The Labute approximate surface area is 231 Å². The lowest BCUT2D eigenvalue weighted by Gasteiger charge is -2.32. The number of hydrogen-bond acceptors (Lipinski definition) is 7. The van der Waals surface area contributed by atoms with E-state index >= 15 is 0 Å². The highest BCUT2D eigenvalue weighted by Gasteiger charge is 2.33. The minimum absolute atomic E-state index is 0.139. The van der Waals surface area contributed by atoms with Gasteiger partial charge in [-0.25, -0.2) is 4.68 Å². The number of nitrogens with zero attached hydrogens (tertiary/aromatic N) is 5. The molecule has 1 aliphatic carbocycles. The Morgan fingerprint density at radius 3 is 2.67 bits per heavy atom. The summed E-state index contributed by atoms with van der Waals surface area (Å²) in [6, 6.07) is 22.0.